The van der Waals surface area contributed by atoms with Gasteiger partial charge in [-0.25, -0.2) is 9.97 Å². The van der Waals surface area contributed by atoms with Crippen LogP contribution in [0.5, 0.6) is 0 Å². The van der Waals surface area contributed by atoms with Gasteiger partial charge in [-0.3, -0.25) is 4.57 Å². The van der Waals surface area contributed by atoms with Gasteiger partial charge in [-0.15, -0.1) is 11.6 Å². The molecular weight excluding hydrogens is 338 g/mol. The Morgan fingerprint density at radius 1 is 1.30 bits per heavy atom. The number of nitrogens with zero attached hydrogens (tertiary/aromatic N) is 3. The molecule has 102 valence electrons. The normalized spacial score (nSPS) is 12.8. The van der Waals surface area contributed by atoms with E-state index in [-0.39, 0.29) is 5.38 Å². The zero-order chi connectivity index (χ0) is 14.3. The van der Waals surface area contributed by atoms with E-state index in [1.165, 1.54) is 5.56 Å². The Bertz CT molecular complexity index is 760. The number of hydrogen-bond donors (Lipinski definition) is 0. The third-order valence-corrected chi connectivity index (χ3v) is 3.74. The molecule has 0 aliphatic rings. The number of aromatic nitrogens is 3. The Labute approximate surface area is 130 Å². The lowest BCUT2D eigenvalue weighted by molar-refractivity contribution is 0.876. The summed E-state index contributed by atoms with van der Waals surface area (Å²) in [4.78, 5) is 9.05. The number of alkyl halides is 1. The molecule has 0 radical (unpaired) electrons. The molecule has 0 N–H and O–H groups in total. The van der Waals surface area contributed by atoms with Crippen molar-refractivity contribution in [1.82, 2.24) is 14.5 Å². The summed E-state index contributed by atoms with van der Waals surface area (Å²) in [6.45, 7) is 3.98. The van der Waals surface area contributed by atoms with Crippen molar-refractivity contribution in [2.45, 2.75) is 19.2 Å². The molecule has 0 saturated heterocycles. The second-order valence-corrected chi connectivity index (χ2v) is 6.32. The predicted octanol–water partition coefficient (Wildman–Crippen LogP) is 4.79. The number of rotatable bonds is 2. The van der Waals surface area contributed by atoms with Crippen molar-refractivity contribution in [2.75, 3.05) is 0 Å². The number of halogens is 2. The van der Waals surface area contributed by atoms with Crippen LogP contribution in [0.3, 0.4) is 0 Å². The van der Waals surface area contributed by atoms with Crippen molar-refractivity contribution in [2.24, 2.45) is 0 Å². The molecule has 3 nitrogen and oxygen atoms in total. The van der Waals surface area contributed by atoms with Crippen molar-refractivity contribution in [3.05, 3.63) is 52.4 Å². The van der Waals surface area contributed by atoms with Gasteiger partial charge in [-0.1, -0.05) is 15.9 Å². The number of hydrogen-bond acceptors (Lipinski definition) is 2. The predicted molar refractivity (Wildman–Crippen MR) is 85.6 cm³/mol. The minimum Gasteiger partial charge on any atom is -0.279 e. The van der Waals surface area contributed by atoms with Gasteiger partial charge in [-0.05, 0) is 49.7 Å². The van der Waals surface area contributed by atoms with Crippen molar-refractivity contribution in [3.63, 3.8) is 0 Å². The number of aryl methyl sites for hydroxylation is 1. The van der Waals surface area contributed by atoms with E-state index in [1.807, 2.05) is 29.7 Å². The van der Waals surface area contributed by atoms with E-state index in [9.17, 15) is 0 Å². The van der Waals surface area contributed by atoms with Gasteiger partial charge in [-0.2, -0.15) is 0 Å². The molecule has 2 aromatic heterocycles. The summed E-state index contributed by atoms with van der Waals surface area (Å²) in [5.74, 6) is 0.804. The van der Waals surface area contributed by atoms with Crippen molar-refractivity contribution >= 4 is 38.7 Å². The highest BCUT2D eigenvalue weighted by Gasteiger charge is 2.17. The zero-order valence-electron chi connectivity index (χ0n) is 11.1. The average Bonchev–Trinajstić information content (AvgIpc) is 2.77. The van der Waals surface area contributed by atoms with Crippen LogP contribution in [-0.4, -0.2) is 14.5 Å². The summed E-state index contributed by atoms with van der Waals surface area (Å²) in [6.07, 6.45) is 1.77. The lowest BCUT2D eigenvalue weighted by Crippen LogP contribution is -2.03. The van der Waals surface area contributed by atoms with Crippen LogP contribution < -0.4 is 0 Å². The van der Waals surface area contributed by atoms with Gasteiger partial charge < -0.3 is 0 Å². The molecule has 0 spiro atoms. The lowest BCUT2D eigenvalue weighted by Gasteiger charge is -2.11. The first-order chi connectivity index (χ1) is 9.56. The molecule has 2 heterocycles. The largest absolute Gasteiger partial charge is 0.279 e. The van der Waals surface area contributed by atoms with Crippen LogP contribution in [0.25, 0.3) is 16.9 Å². The highest BCUT2D eigenvalue weighted by molar-refractivity contribution is 9.10. The molecular formula is C15H13BrClN3. The summed E-state index contributed by atoms with van der Waals surface area (Å²) in [5.41, 5.74) is 3.86. The first kappa shape index (κ1) is 13.6. The van der Waals surface area contributed by atoms with Crippen LogP contribution in [0.15, 0.2) is 41.0 Å². The van der Waals surface area contributed by atoms with Gasteiger partial charge in [0.05, 0.1) is 11.1 Å². The molecule has 20 heavy (non-hydrogen) atoms. The SMILES string of the molecule is Cc1cc(Br)cc(-n2c(C(C)Cl)nc3cccnc32)c1. The molecule has 0 aliphatic carbocycles. The Balaban J connectivity index is 2.36. The van der Waals surface area contributed by atoms with E-state index in [0.717, 1.165) is 27.1 Å². The monoisotopic (exact) mass is 349 g/mol. The molecule has 5 heteroatoms. The Morgan fingerprint density at radius 3 is 2.80 bits per heavy atom. The summed E-state index contributed by atoms with van der Waals surface area (Å²) in [7, 11) is 0. The second-order valence-electron chi connectivity index (χ2n) is 4.75. The quantitative estimate of drug-likeness (QED) is 0.622. The smallest absolute Gasteiger partial charge is 0.164 e. The maximum Gasteiger partial charge on any atom is 0.164 e. The van der Waals surface area contributed by atoms with Crippen LogP contribution in [-0.2, 0) is 0 Å². The molecule has 0 amide bonds. The third kappa shape index (κ3) is 2.34. The molecule has 0 bridgehead atoms. The minimum absolute atomic E-state index is 0.191. The molecule has 3 rings (SSSR count). The first-order valence-electron chi connectivity index (χ1n) is 6.31. The fourth-order valence-electron chi connectivity index (χ4n) is 2.30. The van der Waals surface area contributed by atoms with Gasteiger partial charge in [0.15, 0.2) is 5.65 Å². The first-order valence-corrected chi connectivity index (χ1v) is 7.54. The van der Waals surface area contributed by atoms with Crippen molar-refractivity contribution in [3.8, 4) is 5.69 Å². The standard InChI is InChI=1S/C15H13BrClN3/c1-9-6-11(16)8-12(7-9)20-14(10(2)17)19-13-4-3-5-18-15(13)20/h3-8,10H,1-2H3. The maximum absolute atomic E-state index is 6.29. The van der Waals surface area contributed by atoms with E-state index in [0.29, 0.717) is 0 Å². The summed E-state index contributed by atoms with van der Waals surface area (Å²) >= 11 is 9.82. The Hall–Kier alpha value is -1.39. The van der Waals surface area contributed by atoms with Crippen molar-refractivity contribution in [1.29, 1.82) is 0 Å². The van der Waals surface area contributed by atoms with Gasteiger partial charge in [0.2, 0.25) is 0 Å². The molecule has 1 unspecified atom stereocenters. The lowest BCUT2D eigenvalue weighted by atomic mass is 10.2. The highest BCUT2D eigenvalue weighted by Crippen LogP contribution is 2.28. The molecule has 1 atom stereocenters. The molecule has 0 saturated carbocycles. The second kappa shape index (κ2) is 5.19. The number of fused-ring (bicyclic) bond motifs is 1. The summed E-state index contributed by atoms with van der Waals surface area (Å²) in [5, 5.41) is -0.191. The van der Waals surface area contributed by atoms with Crippen LogP contribution in [0, 0.1) is 6.92 Å². The van der Waals surface area contributed by atoms with Crippen LogP contribution >= 0.6 is 27.5 Å². The van der Waals surface area contributed by atoms with E-state index in [2.05, 4.69) is 45.0 Å². The molecule has 0 aliphatic heterocycles. The van der Waals surface area contributed by atoms with Crippen LogP contribution in [0.4, 0.5) is 0 Å². The summed E-state index contributed by atoms with van der Waals surface area (Å²) < 4.78 is 3.04. The van der Waals surface area contributed by atoms with Gasteiger partial charge >= 0.3 is 0 Å². The molecule has 1 aromatic carbocycles. The van der Waals surface area contributed by atoms with E-state index in [1.54, 1.807) is 6.20 Å². The Morgan fingerprint density at radius 2 is 2.10 bits per heavy atom. The van der Waals surface area contributed by atoms with Crippen LogP contribution in [0.1, 0.15) is 23.7 Å². The average molecular weight is 351 g/mol. The summed E-state index contributed by atoms with van der Waals surface area (Å²) in [6, 6.07) is 10.1. The van der Waals surface area contributed by atoms with Crippen LogP contribution in [0.2, 0.25) is 0 Å². The van der Waals surface area contributed by atoms with Gasteiger partial charge in [0.25, 0.3) is 0 Å². The van der Waals surface area contributed by atoms with E-state index in [4.69, 9.17) is 11.6 Å². The fraction of sp³-hybridized carbons (Fsp3) is 0.200. The van der Waals surface area contributed by atoms with E-state index >= 15 is 0 Å². The van der Waals surface area contributed by atoms with Crippen molar-refractivity contribution < 1.29 is 0 Å². The number of pyridine rings is 1. The topological polar surface area (TPSA) is 30.7 Å². The van der Waals surface area contributed by atoms with Gasteiger partial charge in [0.1, 0.15) is 11.3 Å². The maximum atomic E-state index is 6.29. The number of imidazole rings is 1. The highest BCUT2D eigenvalue weighted by atomic mass is 79.9. The fourth-order valence-corrected chi connectivity index (χ4v) is 3.04. The Kier molecular flexibility index (Phi) is 3.52. The minimum atomic E-state index is -0.191. The molecule has 0 fully saturated rings. The van der Waals surface area contributed by atoms with E-state index < -0.39 is 0 Å². The zero-order valence-corrected chi connectivity index (χ0v) is 13.5. The third-order valence-electron chi connectivity index (χ3n) is 3.08. The molecule has 3 aromatic rings. The number of benzene rings is 1. The van der Waals surface area contributed by atoms with Gasteiger partial charge in [0, 0.05) is 10.7 Å².